The van der Waals surface area contributed by atoms with E-state index in [9.17, 15) is 25.2 Å². The minimum atomic E-state index is -1.35. The van der Waals surface area contributed by atoms with Crippen LogP contribution in [0, 0.1) is 0 Å². The Kier molecular flexibility index (Phi) is 9.40. The SMILES string of the molecule is CC(=O)OC1O[C@H](CO)[C@@H](O)[C@H](O)[C@H]1N.N[C@H]1C(O)O[C@H](CO)[C@@H](O)[C@@H]1O. The van der Waals surface area contributed by atoms with Crippen molar-refractivity contribution in [2.24, 2.45) is 11.5 Å². The number of ether oxygens (including phenoxy) is 3. The zero-order chi connectivity index (χ0) is 20.9. The summed E-state index contributed by atoms with van der Waals surface area (Å²) in [6.07, 6.45) is -9.62. The Balaban J connectivity index is 0.000000277. The van der Waals surface area contributed by atoms with Gasteiger partial charge in [0.25, 0.3) is 0 Å². The standard InChI is InChI=1S/C8H15NO6.C6H13NO5/c1-3(11)14-8-5(9)7(13)6(12)4(2-10)15-8;7-3-5(10)4(9)2(1-8)12-6(3)11/h4-8,10,12-13H,2,9H2,1H3;2-6,8-11H,1,7H2/t4-,5-,6-,7-,8?;2-,3-,4-,5-,6?/m11/s1. The lowest BCUT2D eigenvalue weighted by molar-refractivity contribution is -0.258. The van der Waals surface area contributed by atoms with Crippen LogP contribution in [0.25, 0.3) is 0 Å². The van der Waals surface area contributed by atoms with Crippen molar-refractivity contribution >= 4 is 5.97 Å². The van der Waals surface area contributed by atoms with Gasteiger partial charge in [0.1, 0.15) is 36.6 Å². The van der Waals surface area contributed by atoms with Gasteiger partial charge in [-0.25, -0.2) is 0 Å². The molecule has 2 heterocycles. The first-order valence-corrected chi connectivity index (χ1v) is 8.16. The van der Waals surface area contributed by atoms with Gasteiger partial charge in [-0.3, -0.25) is 4.79 Å². The van der Waals surface area contributed by atoms with Gasteiger partial charge in [-0.15, -0.1) is 0 Å². The molecule has 2 saturated heterocycles. The number of carbonyl (C=O) groups excluding carboxylic acids is 1. The summed E-state index contributed by atoms with van der Waals surface area (Å²) in [7, 11) is 0. The number of esters is 1. The van der Waals surface area contributed by atoms with Crippen molar-refractivity contribution in [1.29, 1.82) is 0 Å². The predicted octanol–water partition coefficient (Wildman–Crippen LogP) is -5.94. The maximum Gasteiger partial charge on any atom is 0.304 e. The first-order chi connectivity index (χ1) is 12.5. The van der Waals surface area contributed by atoms with Gasteiger partial charge >= 0.3 is 5.97 Å². The van der Waals surface area contributed by atoms with Crippen molar-refractivity contribution in [3.8, 4) is 0 Å². The van der Waals surface area contributed by atoms with Crippen molar-refractivity contribution in [3.63, 3.8) is 0 Å². The second kappa shape index (κ2) is 10.5. The third-order valence-electron chi connectivity index (χ3n) is 4.16. The van der Waals surface area contributed by atoms with Gasteiger partial charge < -0.3 is 61.4 Å². The van der Waals surface area contributed by atoms with Crippen LogP contribution in [0.1, 0.15) is 6.92 Å². The maximum absolute atomic E-state index is 10.7. The molecule has 160 valence electrons. The number of aliphatic hydroxyl groups excluding tert-OH is 7. The maximum atomic E-state index is 10.7. The minimum absolute atomic E-state index is 0.470. The molecule has 0 aliphatic carbocycles. The van der Waals surface area contributed by atoms with Gasteiger partial charge in [0.05, 0.1) is 25.3 Å². The Hall–Kier alpha value is -0.970. The van der Waals surface area contributed by atoms with Crippen LogP contribution in [0.2, 0.25) is 0 Å². The second-order valence-corrected chi connectivity index (χ2v) is 6.20. The van der Waals surface area contributed by atoms with Crippen LogP contribution >= 0.6 is 0 Å². The molecule has 2 aliphatic rings. The van der Waals surface area contributed by atoms with E-state index in [-0.39, 0.29) is 0 Å². The van der Waals surface area contributed by atoms with Crippen LogP contribution < -0.4 is 11.5 Å². The molecule has 0 aromatic rings. The van der Waals surface area contributed by atoms with Crippen LogP contribution in [-0.4, -0.2) is 116 Å². The molecule has 0 aromatic carbocycles. The fourth-order valence-electron chi connectivity index (χ4n) is 2.49. The quantitative estimate of drug-likeness (QED) is 0.201. The highest BCUT2D eigenvalue weighted by Gasteiger charge is 2.44. The van der Waals surface area contributed by atoms with Crippen molar-refractivity contribution in [3.05, 3.63) is 0 Å². The average molecular weight is 400 g/mol. The van der Waals surface area contributed by atoms with E-state index in [0.29, 0.717) is 0 Å². The lowest BCUT2D eigenvalue weighted by Gasteiger charge is -2.39. The van der Waals surface area contributed by atoms with E-state index < -0.39 is 80.5 Å². The summed E-state index contributed by atoms with van der Waals surface area (Å²) >= 11 is 0. The van der Waals surface area contributed by atoms with Crippen molar-refractivity contribution in [1.82, 2.24) is 0 Å². The van der Waals surface area contributed by atoms with Gasteiger partial charge in [-0.2, -0.15) is 0 Å². The first kappa shape index (κ1) is 24.1. The summed E-state index contributed by atoms with van der Waals surface area (Å²) in [5.74, 6) is -0.615. The van der Waals surface area contributed by atoms with E-state index in [2.05, 4.69) is 4.74 Å². The second-order valence-electron chi connectivity index (χ2n) is 6.20. The Morgan fingerprint density at radius 1 is 0.852 bits per heavy atom. The van der Waals surface area contributed by atoms with E-state index in [1.807, 2.05) is 0 Å². The van der Waals surface area contributed by atoms with E-state index in [0.717, 1.165) is 0 Å². The minimum Gasteiger partial charge on any atom is -0.434 e. The molecule has 10 atom stereocenters. The monoisotopic (exact) mass is 400 g/mol. The van der Waals surface area contributed by atoms with Crippen molar-refractivity contribution in [2.45, 2.75) is 68.2 Å². The van der Waals surface area contributed by atoms with Gasteiger partial charge in [0.2, 0.25) is 6.29 Å². The summed E-state index contributed by atoms with van der Waals surface area (Å²) in [6.45, 7) is 0.201. The normalized spacial score (nSPS) is 44.8. The molecule has 2 fully saturated rings. The molecule has 0 radical (unpaired) electrons. The number of nitrogens with two attached hydrogens (primary N) is 2. The molecule has 11 N–H and O–H groups in total. The molecule has 13 heteroatoms. The molecule has 13 nitrogen and oxygen atoms in total. The molecule has 2 aliphatic heterocycles. The number of hydrogen-bond donors (Lipinski definition) is 9. The summed E-state index contributed by atoms with van der Waals surface area (Å²) in [4.78, 5) is 10.7. The topological polar surface area (TPSA) is 238 Å². The fourth-order valence-corrected chi connectivity index (χ4v) is 2.49. The average Bonchev–Trinajstić information content (AvgIpc) is 2.63. The largest absolute Gasteiger partial charge is 0.434 e. The van der Waals surface area contributed by atoms with E-state index in [1.165, 1.54) is 6.92 Å². The van der Waals surface area contributed by atoms with E-state index in [4.69, 9.17) is 36.3 Å². The molecule has 27 heavy (non-hydrogen) atoms. The lowest BCUT2D eigenvalue weighted by Crippen LogP contribution is -2.62. The molecule has 0 aromatic heterocycles. The predicted molar refractivity (Wildman–Crippen MR) is 85.5 cm³/mol. The summed E-state index contributed by atoms with van der Waals surface area (Å²) in [6, 6.07) is -2.07. The number of hydrogen-bond acceptors (Lipinski definition) is 13. The van der Waals surface area contributed by atoms with Gasteiger partial charge in [0, 0.05) is 6.92 Å². The Morgan fingerprint density at radius 3 is 1.74 bits per heavy atom. The van der Waals surface area contributed by atoms with Crippen molar-refractivity contribution in [2.75, 3.05) is 13.2 Å². The Morgan fingerprint density at radius 2 is 1.30 bits per heavy atom. The third kappa shape index (κ3) is 6.00. The first-order valence-electron chi connectivity index (χ1n) is 8.16. The Labute approximate surface area is 154 Å². The van der Waals surface area contributed by atoms with Crippen molar-refractivity contribution < 1.29 is 54.8 Å². The lowest BCUT2D eigenvalue weighted by atomic mass is 9.98. The van der Waals surface area contributed by atoms with Gasteiger partial charge in [0.15, 0.2) is 6.29 Å². The molecule has 2 rings (SSSR count). The summed E-state index contributed by atoms with van der Waals surface area (Å²) < 4.78 is 14.4. The van der Waals surface area contributed by atoms with Crippen LogP contribution in [-0.2, 0) is 19.0 Å². The van der Waals surface area contributed by atoms with Gasteiger partial charge in [-0.1, -0.05) is 0 Å². The van der Waals surface area contributed by atoms with Crippen LogP contribution in [0.4, 0.5) is 0 Å². The fraction of sp³-hybridized carbons (Fsp3) is 0.929. The molecule has 0 saturated carbocycles. The summed E-state index contributed by atoms with van der Waals surface area (Å²) in [5, 5.41) is 63.8. The summed E-state index contributed by atoms with van der Waals surface area (Å²) in [5.41, 5.74) is 10.7. The van der Waals surface area contributed by atoms with Crippen LogP contribution in [0.5, 0.6) is 0 Å². The van der Waals surface area contributed by atoms with Gasteiger partial charge in [-0.05, 0) is 0 Å². The highest BCUT2D eigenvalue weighted by Crippen LogP contribution is 2.20. The number of rotatable bonds is 3. The Bertz CT molecular complexity index is 464. The van der Waals surface area contributed by atoms with E-state index in [1.54, 1.807) is 0 Å². The van der Waals surface area contributed by atoms with Crippen LogP contribution in [0.3, 0.4) is 0 Å². The highest BCUT2D eigenvalue weighted by molar-refractivity contribution is 5.66. The van der Waals surface area contributed by atoms with Crippen LogP contribution in [0.15, 0.2) is 0 Å². The molecule has 0 bridgehead atoms. The molecule has 0 spiro atoms. The molecular weight excluding hydrogens is 372 g/mol. The molecule has 2 unspecified atom stereocenters. The number of aliphatic hydroxyl groups is 7. The number of carbonyl (C=O) groups is 1. The smallest absolute Gasteiger partial charge is 0.304 e. The molecular formula is C14H28N2O11. The third-order valence-corrected chi connectivity index (χ3v) is 4.16. The van der Waals surface area contributed by atoms with E-state index >= 15 is 0 Å². The zero-order valence-corrected chi connectivity index (χ0v) is 14.6. The highest BCUT2D eigenvalue weighted by atomic mass is 16.7. The zero-order valence-electron chi connectivity index (χ0n) is 14.6. The molecule has 0 amide bonds.